The lowest BCUT2D eigenvalue weighted by atomic mass is 10.1. The van der Waals surface area contributed by atoms with Gasteiger partial charge in [0, 0.05) is 26.2 Å². The zero-order chi connectivity index (χ0) is 17.0. The largest absolute Gasteiger partial charge is 0.390 e. The van der Waals surface area contributed by atoms with E-state index in [1.165, 1.54) is 25.7 Å². The molecule has 0 saturated heterocycles. The van der Waals surface area contributed by atoms with Gasteiger partial charge in [-0.1, -0.05) is 54.4 Å². The molecule has 0 rings (SSSR count). The highest BCUT2D eigenvalue weighted by Crippen LogP contribution is 2.07. The van der Waals surface area contributed by atoms with Gasteiger partial charge in [-0.15, -0.1) is 0 Å². The van der Waals surface area contributed by atoms with Crippen molar-refractivity contribution in [1.29, 1.82) is 0 Å². The molecule has 0 aliphatic rings. The Hall–Kier alpha value is -0.120. The van der Waals surface area contributed by atoms with Gasteiger partial charge in [-0.3, -0.25) is 0 Å². The molecule has 1 atom stereocenters. The topological polar surface area (TPSA) is 26.7 Å². The first-order valence-electron chi connectivity index (χ1n) is 9.51. The summed E-state index contributed by atoms with van der Waals surface area (Å²) in [6.07, 6.45) is 4.69. The van der Waals surface area contributed by atoms with Crippen molar-refractivity contribution in [2.24, 2.45) is 11.8 Å². The van der Waals surface area contributed by atoms with Gasteiger partial charge in [-0.25, -0.2) is 0 Å². The van der Waals surface area contributed by atoms with Crippen molar-refractivity contribution < 1.29 is 5.11 Å². The zero-order valence-corrected chi connectivity index (χ0v) is 16.1. The highest BCUT2D eigenvalue weighted by molar-refractivity contribution is 4.71. The molecule has 0 aromatic carbocycles. The Labute approximate surface area is 140 Å². The van der Waals surface area contributed by atoms with Crippen LogP contribution >= 0.6 is 0 Å². The second-order valence-corrected chi connectivity index (χ2v) is 7.67. The van der Waals surface area contributed by atoms with Crippen LogP contribution in [-0.4, -0.2) is 60.3 Å². The number of unbranched alkanes of at least 4 members (excludes halogenated alkanes) is 2. The lowest BCUT2D eigenvalue weighted by Crippen LogP contribution is -2.43. The van der Waals surface area contributed by atoms with Gasteiger partial charge < -0.3 is 14.9 Å². The number of hydrogen-bond donors (Lipinski definition) is 1. The molecule has 0 bridgehead atoms. The fourth-order valence-corrected chi connectivity index (χ4v) is 2.97. The van der Waals surface area contributed by atoms with Crippen LogP contribution in [0.4, 0.5) is 0 Å². The van der Waals surface area contributed by atoms with E-state index in [0.29, 0.717) is 11.8 Å². The number of nitrogens with zero attached hydrogens (tertiary/aromatic N) is 2. The number of aliphatic hydroxyl groups is 1. The smallest absolute Gasteiger partial charge is 0.0793 e. The lowest BCUT2D eigenvalue weighted by molar-refractivity contribution is 0.0643. The molecule has 0 heterocycles. The quantitative estimate of drug-likeness (QED) is 0.527. The van der Waals surface area contributed by atoms with Gasteiger partial charge in [0.25, 0.3) is 0 Å². The SMILES string of the molecule is CCCCN(CCCC)CC(O)CN(CC(C)C)CC(C)C. The van der Waals surface area contributed by atoms with E-state index in [-0.39, 0.29) is 6.10 Å². The van der Waals surface area contributed by atoms with Gasteiger partial charge in [-0.2, -0.15) is 0 Å². The maximum atomic E-state index is 10.5. The molecule has 0 fully saturated rings. The molecule has 0 aliphatic carbocycles. The van der Waals surface area contributed by atoms with Crippen LogP contribution in [0.5, 0.6) is 0 Å². The molecular weight excluding hydrogens is 272 g/mol. The first-order valence-corrected chi connectivity index (χ1v) is 9.51. The second kappa shape index (κ2) is 13.3. The lowest BCUT2D eigenvalue weighted by Gasteiger charge is -2.31. The Kier molecular flexibility index (Phi) is 13.3. The summed E-state index contributed by atoms with van der Waals surface area (Å²) in [7, 11) is 0. The van der Waals surface area contributed by atoms with Crippen LogP contribution in [-0.2, 0) is 0 Å². The van der Waals surface area contributed by atoms with Gasteiger partial charge in [-0.05, 0) is 37.8 Å². The Bertz CT molecular complexity index is 226. The summed E-state index contributed by atoms with van der Waals surface area (Å²) in [5, 5.41) is 10.5. The standard InChI is InChI=1S/C19H42N2O/c1-7-9-11-20(12-10-8-2)15-19(22)16-21(13-17(3)4)14-18(5)6/h17-19,22H,7-16H2,1-6H3. The highest BCUT2D eigenvalue weighted by atomic mass is 16.3. The van der Waals surface area contributed by atoms with Gasteiger partial charge in [0.1, 0.15) is 0 Å². The number of rotatable bonds is 14. The summed E-state index contributed by atoms with van der Waals surface area (Å²) in [5.74, 6) is 1.31. The third-order valence-corrected chi connectivity index (χ3v) is 3.84. The van der Waals surface area contributed by atoms with Crippen LogP contribution in [0.1, 0.15) is 67.2 Å². The van der Waals surface area contributed by atoms with Crippen LogP contribution in [0.25, 0.3) is 0 Å². The van der Waals surface area contributed by atoms with Crippen molar-refractivity contribution in [3.63, 3.8) is 0 Å². The fourth-order valence-electron chi connectivity index (χ4n) is 2.97. The minimum atomic E-state index is -0.230. The summed E-state index contributed by atoms with van der Waals surface area (Å²) in [6, 6.07) is 0. The third kappa shape index (κ3) is 12.4. The van der Waals surface area contributed by atoms with Crippen molar-refractivity contribution in [2.75, 3.05) is 39.3 Å². The predicted molar refractivity (Wildman–Crippen MR) is 98.4 cm³/mol. The van der Waals surface area contributed by atoms with E-state index in [1.54, 1.807) is 0 Å². The van der Waals surface area contributed by atoms with E-state index in [2.05, 4.69) is 51.3 Å². The average Bonchev–Trinajstić information content (AvgIpc) is 2.40. The highest BCUT2D eigenvalue weighted by Gasteiger charge is 2.17. The van der Waals surface area contributed by atoms with Crippen molar-refractivity contribution >= 4 is 0 Å². The van der Waals surface area contributed by atoms with E-state index in [4.69, 9.17) is 0 Å². The monoisotopic (exact) mass is 314 g/mol. The number of aliphatic hydroxyl groups excluding tert-OH is 1. The van der Waals surface area contributed by atoms with Crippen LogP contribution in [0.15, 0.2) is 0 Å². The summed E-state index contributed by atoms with van der Waals surface area (Å²) in [6.45, 7) is 19.6. The summed E-state index contributed by atoms with van der Waals surface area (Å²) in [4.78, 5) is 4.90. The van der Waals surface area contributed by atoms with Crippen LogP contribution < -0.4 is 0 Å². The minimum absolute atomic E-state index is 0.230. The van der Waals surface area contributed by atoms with E-state index >= 15 is 0 Å². The average molecular weight is 315 g/mol. The third-order valence-electron chi connectivity index (χ3n) is 3.84. The van der Waals surface area contributed by atoms with Crippen LogP contribution in [0.3, 0.4) is 0 Å². The number of hydrogen-bond acceptors (Lipinski definition) is 3. The molecule has 0 aromatic heterocycles. The van der Waals surface area contributed by atoms with Crippen molar-refractivity contribution in [3.05, 3.63) is 0 Å². The van der Waals surface area contributed by atoms with E-state index in [1.807, 2.05) is 0 Å². The molecule has 22 heavy (non-hydrogen) atoms. The molecule has 3 heteroatoms. The van der Waals surface area contributed by atoms with Gasteiger partial charge in [0.2, 0.25) is 0 Å². The van der Waals surface area contributed by atoms with E-state index < -0.39 is 0 Å². The Balaban J connectivity index is 4.37. The maximum Gasteiger partial charge on any atom is 0.0793 e. The normalized spacial score (nSPS) is 13.8. The fraction of sp³-hybridized carbons (Fsp3) is 1.00. The second-order valence-electron chi connectivity index (χ2n) is 7.67. The molecule has 0 aliphatic heterocycles. The van der Waals surface area contributed by atoms with Crippen molar-refractivity contribution in [3.8, 4) is 0 Å². The van der Waals surface area contributed by atoms with Crippen LogP contribution in [0, 0.1) is 11.8 Å². The molecular formula is C19H42N2O. The van der Waals surface area contributed by atoms with Gasteiger partial charge >= 0.3 is 0 Å². The molecule has 0 aromatic rings. The van der Waals surface area contributed by atoms with E-state index in [9.17, 15) is 5.11 Å². The summed E-state index contributed by atoms with van der Waals surface area (Å²) < 4.78 is 0. The van der Waals surface area contributed by atoms with Crippen LogP contribution in [0.2, 0.25) is 0 Å². The molecule has 0 amide bonds. The van der Waals surface area contributed by atoms with Crippen molar-refractivity contribution in [2.45, 2.75) is 73.3 Å². The first kappa shape index (κ1) is 21.9. The Morgan fingerprint density at radius 3 is 1.45 bits per heavy atom. The minimum Gasteiger partial charge on any atom is -0.390 e. The van der Waals surface area contributed by atoms with Gasteiger partial charge in [0.05, 0.1) is 6.10 Å². The Morgan fingerprint density at radius 2 is 1.09 bits per heavy atom. The molecule has 0 spiro atoms. The van der Waals surface area contributed by atoms with E-state index in [0.717, 1.165) is 39.3 Å². The summed E-state index contributed by atoms with van der Waals surface area (Å²) >= 11 is 0. The Morgan fingerprint density at radius 1 is 0.682 bits per heavy atom. The predicted octanol–water partition coefficient (Wildman–Crippen LogP) is 3.86. The van der Waals surface area contributed by atoms with Gasteiger partial charge in [0.15, 0.2) is 0 Å². The van der Waals surface area contributed by atoms with Crippen molar-refractivity contribution in [1.82, 2.24) is 9.80 Å². The first-order chi connectivity index (χ1) is 10.4. The maximum absolute atomic E-state index is 10.5. The molecule has 1 unspecified atom stereocenters. The molecule has 1 N–H and O–H groups in total. The summed E-state index contributed by atoms with van der Waals surface area (Å²) in [5.41, 5.74) is 0. The molecule has 3 nitrogen and oxygen atoms in total. The molecule has 134 valence electrons. The zero-order valence-electron chi connectivity index (χ0n) is 16.1. The molecule has 0 saturated carbocycles. The molecule has 0 radical (unpaired) electrons.